The zero-order valence-corrected chi connectivity index (χ0v) is 16.0. The lowest BCUT2D eigenvalue weighted by Gasteiger charge is -2.26. The van der Waals surface area contributed by atoms with Crippen molar-refractivity contribution in [2.24, 2.45) is 5.92 Å². The van der Waals surface area contributed by atoms with Crippen LogP contribution in [0.5, 0.6) is 0 Å². The average Bonchev–Trinajstić information content (AvgIpc) is 2.55. The lowest BCUT2D eigenvalue weighted by Crippen LogP contribution is -2.26. The third-order valence-electron chi connectivity index (χ3n) is 4.56. The van der Waals surface area contributed by atoms with Crippen molar-refractivity contribution in [3.8, 4) is 0 Å². The molecule has 3 rings (SSSR count). The summed E-state index contributed by atoms with van der Waals surface area (Å²) in [7, 11) is 0. The van der Waals surface area contributed by atoms with Crippen molar-refractivity contribution >= 4 is 17.2 Å². The molecule has 0 unspecified atom stereocenters. The van der Waals surface area contributed by atoms with Crippen LogP contribution in [0.4, 0.5) is 11.5 Å². The molecule has 0 radical (unpaired) electrons. The highest BCUT2D eigenvalue weighted by molar-refractivity contribution is 5.67. The molecule has 2 N–H and O–H groups in total. The second kappa shape index (κ2) is 9.26. The van der Waals surface area contributed by atoms with Gasteiger partial charge in [-0.3, -0.25) is 0 Å². The first-order valence-electron chi connectivity index (χ1n) is 9.35. The number of nitrogens with zero attached hydrogens (tertiary/aromatic N) is 1. The maximum Gasteiger partial charge on any atom is 0.130 e. The van der Waals surface area contributed by atoms with Crippen LogP contribution in [-0.4, -0.2) is 11.5 Å². The highest BCUT2D eigenvalue weighted by Crippen LogP contribution is 2.26. The molecule has 3 heteroatoms. The van der Waals surface area contributed by atoms with Gasteiger partial charge in [0.2, 0.25) is 0 Å². The van der Waals surface area contributed by atoms with Gasteiger partial charge in [0.15, 0.2) is 0 Å². The second-order valence-electron chi connectivity index (χ2n) is 6.54. The summed E-state index contributed by atoms with van der Waals surface area (Å²) in [5.74, 6) is 1.69. The third kappa shape index (κ3) is 5.35. The summed E-state index contributed by atoms with van der Waals surface area (Å²) >= 11 is 0. The van der Waals surface area contributed by atoms with Crippen LogP contribution in [0.15, 0.2) is 43.1 Å². The van der Waals surface area contributed by atoms with E-state index in [1.165, 1.54) is 30.4 Å². The summed E-state index contributed by atoms with van der Waals surface area (Å²) in [6.45, 7) is 13.4. The zero-order valence-electron chi connectivity index (χ0n) is 16.0. The first-order valence-corrected chi connectivity index (χ1v) is 9.35. The molecule has 1 saturated carbocycles. The summed E-state index contributed by atoms with van der Waals surface area (Å²) in [5.41, 5.74) is 5.55. The molecule has 134 valence electrons. The van der Waals surface area contributed by atoms with Crippen LogP contribution < -0.4 is 10.6 Å². The molecule has 0 aliphatic heterocycles. The Morgan fingerprint density at radius 1 is 1.20 bits per heavy atom. The molecular formula is C22H31N3. The number of rotatable bonds is 6. The Labute approximate surface area is 152 Å². The Bertz CT molecular complexity index is 702. The quantitative estimate of drug-likeness (QED) is 0.696. The van der Waals surface area contributed by atoms with Gasteiger partial charge in [-0.05, 0) is 61.9 Å². The molecule has 1 aromatic carbocycles. The molecule has 0 amide bonds. The smallest absolute Gasteiger partial charge is 0.130 e. The minimum Gasteiger partial charge on any atom is -0.385 e. The summed E-state index contributed by atoms with van der Waals surface area (Å²) in [5, 5.41) is 6.82. The molecule has 3 nitrogen and oxygen atoms in total. The molecule has 1 aliphatic carbocycles. The van der Waals surface area contributed by atoms with Crippen molar-refractivity contribution in [3.05, 3.63) is 59.8 Å². The van der Waals surface area contributed by atoms with Crippen molar-refractivity contribution in [1.82, 2.24) is 10.3 Å². The predicted molar refractivity (Wildman–Crippen MR) is 109 cm³/mol. The molecule has 0 bridgehead atoms. The Kier molecular flexibility index (Phi) is 7.05. The number of pyridine rings is 1. The number of aromatic nitrogens is 1. The Morgan fingerprint density at radius 2 is 1.96 bits per heavy atom. The van der Waals surface area contributed by atoms with E-state index in [4.69, 9.17) is 0 Å². The SMILES string of the molecule is C=C(NCC1CCC1)c1cnc(Nc2cccc(C)c2)cc1C.CC. The summed E-state index contributed by atoms with van der Waals surface area (Å²) in [6.07, 6.45) is 5.97. The van der Waals surface area contributed by atoms with Gasteiger partial charge in [-0.2, -0.15) is 0 Å². The average molecular weight is 338 g/mol. The number of hydrogen-bond acceptors (Lipinski definition) is 3. The molecular weight excluding hydrogens is 306 g/mol. The van der Waals surface area contributed by atoms with E-state index >= 15 is 0 Å². The van der Waals surface area contributed by atoms with Crippen LogP contribution in [-0.2, 0) is 0 Å². The number of hydrogen-bond donors (Lipinski definition) is 2. The monoisotopic (exact) mass is 337 g/mol. The summed E-state index contributed by atoms with van der Waals surface area (Å²) in [4.78, 5) is 4.53. The fraction of sp³-hybridized carbons (Fsp3) is 0.409. The van der Waals surface area contributed by atoms with E-state index in [0.29, 0.717) is 0 Å². The van der Waals surface area contributed by atoms with Gasteiger partial charge < -0.3 is 10.6 Å². The lowest BCUT2D eigenvalue weighted by molar-refractivity contribution is 0.314. The molecule has 1 aromatic heterocycles. The first-order chi connectivity index (χ1) is 12.1. The standard InChI is InChI=1S/C20H25N3.C2H6/c1-14-6-4-9-18(10-14)23-20-11-15(2)19(13-22-20)16(3)21-12-17-7-5-8-17;1-2/h4,6,9-11,13,17,21H,3,5,7-8,12H2,1-2H3,(H,22,23);1-2H3. The van der Waals surface area contributed by atoms with Gasteiger partial charge in [0.05, 0.1) is 0 Å². The van der Waals surface area contributed by atoms with Crippen LogP contribution in [0.2, 0.25) is 0 Å². The van der Waals surface area contributed by atoms with Crippen LogP contribution in [0.1, 0.15) is 49.8 Å². The van der Waals surface area contributed by atoms with E-state index in [-0.39, 0.29) is 0 Å². The normalized spacial score (nSPS) is 13.3. The van der Waals surface area contributed by atoms with Crippen LogP contribution in [0.25, 0.3) is 5.70 Å². The van der Waals surface area contributed by atoms with Crippen molar-refractivity contribution in [1.29, 1.82) is 0 Å². The highest BCUT2D eigenvalue weighted by atomic mass is 15.0. The predicted octanol–water partition coefficient (Wildman–Crippen LogP) is 5.83. The molecule has 0 saturated heterocycles. The molecule has 0 spiro atoms. The third-order valence-corrected chi connectivity index (χ3v) is 4.56. The molecule has 0 atom stereocenters. The first kappa shape index (κ1) is 19.0. The maximum atomic E-state index is 4.53. The maximum absolute atomic E-state index is 4.53. The van der Waals surface area contributed by atoms with Crippen molar-refractivity contribution in [3.63, 3.8) is 0 Å². The highest BCUT2D eigenvalue weighted by Gasteiger charge is 2.17. The fourth-order valence-corrected chi connectivity index (χ4v) is 2.87. The number of aryl methyl sites for hydroxylation is 2. The molecule has 1 aliphatic rings. The van der Waals surface area contributed by atoms with E-state index in [2.05, 4.69) is 60.3 Å². The van der Waals surface area contributed by atoms with Gasteiger partial charge in [-0.1, -0.05) is 39.0 Å². The number of benzene rings is 1. The lowest BCUT2D eigenvalue weighted by atomic mass is 9.85. The van der Waals surface area contributed by atoms with Gasteiger partial charge in [0.25, 0.3) is 0 Å². The van der Waals surface area contributed by atoms with E-state index in [1.807, 2.05) is 26.1 Å². The largest absolute Gasteiger partial charge is 0.385 e. The van der Waals surface area contributed by atoms with E-state index in [9.17, 15) is 0 Å². The molecule has 1 fully saturated rings. The zero-order chi connectivity index (χ0) is 18.2. The Hall–Kier alpha value is -2.29. The Balaban J connectivity index is 0.00000109. The number of nitrogens with one attached hydrogen (secondary N) is 2. The second-order valence-corrected chi connectivity index (χ2v) is 6.54. The van der Waals surface area contributed by atoms with Crippen LogP contribution in [0.3, 0.4) is 0 Å². The number of anilines is 2. The van der Waals surface area contributed by atoms with Gasteiger partial charge in [-0.25, -0.2) is 4.98 Å². The molecule has 1 heterocycles. The van der Waals surface area contributed by atoms with Gasteiger partial charge in [-0.15, -0.1) is 0 Å². The minimum atomic E-state index is 0.822. The van der Waals surface area contributed by atoms with Gasteiger partial charge in [0, 0.05) is 29.7 Å². The van der Waals surface area contributed by atoms with Crippen molar-refractivity contribution in [2.45, 2.75) is 47.0 Å². The van der Waals surface area contributed by atoms with Gasteiger partial charge in [0.1, 0.15) is 5.82 Å². The molecule has 25 heavy (non-hydrogen) atoms. The van der Waals surface area contributed by atoms with Crippen molar-refractivity contribution < 1.29 is 0 Å². The van der Waals surface area contributed by atoms with Crippen LogP contribution >= 0.6 is 0 Å². The van der Waals surface area contributed by atoms with Crippen LogP contribution in [0, 0.1) is 19.8 Å². The minimum absolute atomic E-state index is 0.822. The summed E-state index contributed by atoms with van der Waals surface area (Å²) < 4.78 is 0. The van der Waals surface area contributed by atoms with E-state index < -0.39 is 0 Å². The summed E-state index contributed by atoms with van der Waals surface area (Å²) in [6, 6.07) is 10.4. The van der Waals surface area contributed by atoms with E-state index in [1.54, 1.807) is 0 Å². The fourth-order valence-electron chi connectivity index (χ4n) is 2.87. The topological polar surface area (TPSA) is 37.0 Å². The van der Waals surface area contributed by atoms with E-state index in [0.717, 1.165) is 35.2 Å². The van der Waals surface area contributed by atoms with Gasteiger partial charge >= 0.3 is 0 Å². The molecule has 2 aromatic rings. The Morgan fingerprint density at radius 3 is 2.56 bits per heavy atom. The van der Waals surface area contributed by atoms with Crippen molar-refractivity contribution in [2.75, 3.05) is 11.9 Å².